The number of halogens is 3. The molecule has 3 aromatic carbocycles. The fraction of sp³-hybridized carbons (Fsp3) is 0.344. The van der Waals surface area contributed by atoms with Crippen molar-refractivity contribution in [2.45, 2.75) is 62.8 Å². The first-order valence-electron chi connectivity index (χ1n) is 13.5. The van der Waals surface area contributed by atoms with Crippen LogP contribution in [0.25, 0.3) is 11.1 Å². The largest absolute Gasteiger partial charge is 0.407 e. The molecule has 0 aliphatic heterocycles. The van der Waals surface area contributed by atoms with Crippen molar-refractivity contribution < 1.29 is 22.8 Å². The van der Waals surface area contributed by atoms with E-state index in [0.29, 0.717) is 18.4 Å². The molecule has 2 amide bonds. The molecule has 3 aromatic rings. The van der Waals surface area contributed by atoms with Gasteiger partial charge in [0.15, 0.2) is 0 Å². The zero-order valence-electron chi connectivity index (χ0n) is 22.9. The molecule has 3 atom stereocenters. The van der Waals surface area contributed by atoms with Crippen LogP contribution in [-0.2, 0) is 21.4 Å². The minimum Gasteiger partial charge on any atom is -0.369 e. The maximum absolute atomic E-state index is 14.3. The number of hydrogen-bond donors (Lipinski definition) is 3. The van der Waals surface area contributed by atoms with Gasteiger partial charge in [0.25, 0.3) is 0 Å². The lowest BCUT2D eigenvalue weighted by Crippen LogP contribution is -2.53. The van der Waals surface area contributed by atoms with Crippen LogP contribution in [0.15, 0.2) is 78.9 Å². The third-order valence-electron chi connectivity index (χ3n) is 7.61. The van der Waals surface area contributed by atoms with Crippen LogP contribution < -0.4 is 16.4 Å². The molecule has 0 radical (unpaired) electrons. The Morgan fingerprint density at radius 3 is 1.98 bits per heavy atom. The fourth-order valence-corrected chi connectivity index (χ4v) is 5.02. The zero-order chi connectivity index (χ0) is 29.8. The van der Waals surface area contributed by atoms with Crippen LogP contribution in [0.3, 0.4) is 0 Å². The number of primary amides is 1. The first-order chi connectivity index (χ1) is 19.4. The molecule has 0 saturated heterocycles. The van der Waals surface area contributed by atoms with E-state index >= 15 is 0 Å². The highest BCUT2D eigenvalue weighted by molar-refractivity contribution is 5.90. The summed E-state index contributed by atoms with van der Waals surface area (Å²) in [6.45, 7) is 3.31. The molecule has 1 unspecified atom stereocenters. The van der Waals surface area contributed by atoms with Gasteiger partial charge in [-0.1, -0.05) is 92.7 Å². The molecule has 1 aliphatic carbocycles. The van der Waals surface area contributed by atoms with Gasteiger partial charge in [0.05, 0.1) is 17.5 Å². The second kappa shape index (κ2) is 12.1. The van der Waals surface area contributed by atoms with Crippen LogP contribution in [0.4, 0.5) is 13.2 Å². The van der Waals surface area contributed by atoms with Crippen LogP contribution in [-0.4, -0.2) is 30.1 Å². The quantitative estimate of drug-likeness (QED) is 0.293. The molecular formula is C32H33F3N4O2. The molecule has 1 saturated carbocycles. The number of nitrogens with two attached hydrogens (primary N) is 1. The molecular weight excluding hydrogens is 529 g/mol. The number of benzene rings is 3. The maximum atomic E-state index is 14.3. The predicted octanol–water partition coefficient (Wildman–Crippen LogP) is 5.34. The number of carbonyl (C=O) groups is 2. The SMILES string of the molecule is CC(C)[C@H](N[C@@H](c1ccc(-c2ccc(C3(C(N)=O)CC3)cc2)cc1)C(F)(F)F)C(=O)NC(C#N)Cc1ccccc1. The van der Waals surface area contributed by atoms with E-state index < -0.39 is 41.5 Å². The highest BCUT2D eigenvalue weighted by Gasteiger charge is 2.50. The summed E-state index contributed by atoms with van der Waals surface area (Å²) in [4.78, 5) is 24.9. The van der Waals surface area contributed by atoms with E-state index in [9.17, 15) is 28.0 Å². The van der Waals surface area contributed by atoms with Gasteiger partial charge >= 0.3 is 6.18 Å². The predicted molar refractivity (Wildman–Crippen MR) is 150 cm³/mol. The Labute approximate surface area is 237 Å². The Morgan fingerprint density at radius 1 is 0.951 bits per heavy atom. The lowest BCUT2D eigenvalue weighted by molar-refractivity contribution is -0.161. The Hall–Kier alpha value is -4.16. The average Bonchev–Trinajstić information content (AvgIpc) is 3.75. The summed E-state index contributed by atoms with van der Waals surface area (Å²) in [5.74, 6) is -1.50. The highest BCUT2D eigenvalue weighted by atomic mass is 19.4. The van der Waals surface area contributed by atoms with E-state index in [-0.39, 0.29) is 17.9 Å². The Bertz CT molecular complexity index is 1390. The van der Waals surface area contributed by atoms with Crippen molar-refractivity contribution >= 4 is 11.8 Å². The van der Waals surface area contributed by atoms with Gasteiger partial charge in [0.1, 0.15) is 12.1 Å². The van der Waals surface area contributed by atoms with Gasteiger partial charge in [0.2, 0.25) is 11.8 Å². The third-order valence-corrected chi connectivity index (χ3v) is 7.61. The standard InChI is InChI=1S/C32H33F3N4O2/c1-20(2)27(29(40)38-26(19-36)18-21-6-4-3-5-7-21)39-28(32(33,34)35)24-10-8-22(9-11-24)23-12-14-25(15-13-23)31(16-17-31)30(37)41/h3-15,20,26-28,39H,16-18H2,1-2H3,(H2,37,41)(H,38,40)/t26?,27-,28-/m0/s1. The first kappa shape index (κ1) is 29.8. The molecule has 0 bridgehead atoms. The van der Waals surface area contributed by atoms with Crippen molar-refractivity contribution in [3.05, 3.63) is 95.6 Å². The number of rotatable bonds is 11. The van der Waals surface area contributed by atoms with E-state index in [1.54, 1.807) is 26.0 Å². The Balaban J connectivity index is 1.49. The molecule has 4 N–H and O–H groups in total. The second-order valence-electron chi connectivity index (χ2n) is 10.9. The minimum absolute atomic E-state index is 0.0388. The number of hydrogen-bond acceptors (Lipinski definition) is 4. The van der Waals surface area contributed by atoms with Crippen LogP contribution >= 0.6 is 0 Å². The van der Waals surface area contributed by atoms with Crippen LogP contribution in [0, 0.1) is 17.2 Å². The summed E-state index contributed by atoms with van der Waals surface area (Å²) in [5, 5.41) is 14.7. The molecule has 214 valence electrons. The van der Waals surface area contributed by atoms with E-state index in [2.05, 4.69) is 10.6 Å². The Morgan fingerprint density at radius 2 is 1.51 bits per heavy atom. The molecule has 6 nitrogen and oxygen atoms in total. The average molecular weight is 563 g/mol. The van der Waals surface area contributed by atoms with Crippen LogP contribution in [0.2, 0.25) is 0 Å². The number of amides is 2. The number of alkyl halides is 3. The molecule has 41 heavy (non-hydrogen) atoms. The van der Waals surface area contributed by atoms with Crippen molar-refractivity contribution in [2.24, 2.45) is 11.7 Å². The van der Waals surface area contributed by atoms with Crippen molar-refractivity contribution in [3.63, 3.8) is 0 Å². The lowest BCUT2D eigenvalue weighted by Gasteiger charge is -2.30. The first-order valence-corrected chi connectivity index (χ1v) is 13.5. The molecule has 0 heterocycles. The lowest BCUT2D eigenvalue weighted by atomic mass is 9.92. The second-order valence-corrected chi connectivity index (χ2v) is 10.9. The van der Waals surface area contributed by atoms with Gasteiger partial charge in [-0.15, -0.1) is 0 Å². The van der Waals surface area contributed by atoms with Crippen molar-refractivity contribution in [1.29, 1.82) is 5.26 Å². The van der Waals surface area contributed by atoms with Gasteiger partial charge in [-0.3, -0.25) is 14.9 Å². The molecule has 9 heteroatoms. The summed E-state index contributed by atoms with van der Waals surface area (Å²) in [5.41, 5.74) is 8.07. The van der Waals surface area contributed by atoms with Gasteiger partial charge in [-0.05, 0) is 46.6 Å². The number of carbonyl (C=O) groups excluding carboxylic acids is 2. The van der Waals surface area contributed by atoms with Gasteiger partial charge in [0, 0.05) is 6.42 Å². The normalized spacial score (nSPS) is 16.3. The summed E-state index contributed by atoms with van der Waals surface area (Å²) < 4.78 is 42.8. The Kier molecular flexibility index (Phi) is 8.83. The van der Waals surface area contributed by atoms with Crippen LogP contribution in [0.5, 0.6) is 0 Å². The summed E-state index contributed by atoms with van der Waals surface area (Å²) >= 11 is 0. The molecule has 1 aliphatic rings. The molecule has 1 fully saturated rings. The summed E-state index contributed by atoms with van der Waals surface area (Å²) in [6, 6.07) is 20.2. The highest BCUT2D eigenvalue weighted by Crippen LogP contribution is 2.48. The maximum Gasteiger partial charge on any atom is 0.407 e. The monoisotopic (exact) mass is 562 g/mol. The van der Waals surface area contributed by atoms with Crippen molar-refractivity contribution in [3.8, 4) is 17.2 Å². The van der Waals surface area contributed by atoms with E-state index in [1.165, 1.54) is 12.1 Å². The van der Waals surface area contributed by atoms with Crippen LogP contribution in [0.1, 0.15) is 49.4 Å². The van der Waals surface area contributed by atoms with Gasteiger partial charge in [-0.25, -0.2) is 0 Å². The number of nitriles is 1. The summed E-state index contributed by atoms with van der Waals surface area (Å²) in [6.07, 6.45) is -3.02. The van der Waals surface area contributed by atoms with Gasteiger partial charge in [-0.2, -0.15) is 18.4 Å². The molecule has 4 rings (SSSR count). The molecule has 0 aromatic heterocycles. The molecule has 0 spiro atoms. The third kappa shape index (κ3) is 6.95. The summed E-state index contributed by atoms with van der Waals surface area (Å²) in [7, 11) is 0. The minimum atomic E-state index is -4.68. The topological polar surface area (TPSA) is 108 Å². The van der Waals surface area contributed by atoms with E-state index in [0.717, 1.165) is 16.7 Å². The number of nitrogens with one attached hydrogen (secondary N) is 2. The smallest absolute Gasteiger partial charge is 0.369 e. The van der Waals surface area contributed by atoms with Crippen molar-refractivity contribution in [2.75, 3.05) is 0 Å². The van der Waals surface area contributed by atoms with E-state index in [1.807, 2.05) is 60.7 Å². The number of nitrogens with zero attached hydrogens (tertiary/aromatic N) is 1. The van der Waals surface area contributed by atoms with Crippen molar-refractivity contribution in [1.82, 2.24) is 10.6 Å². The van der Waals surface area contributed by atoms with E-state index in [4.69, 9.17) is 5.73 Å². The van der Waals surface area contributed by atoms with Gasteiger partial charge < -0.3 is 11.1 Å². The zero-order valence-corrected chi connectivity index (χ0v) is 22.9. The fourth-order valence-electron chi connectivity index (χ4n) is 5.02.